The van der Waals surface area contributed by atoms with Gasteiger partial charge in [-0.2, -0.15) is 10.2 Å². The summed E-state index contributed by atoms with van der Waals surface area (Å²) in [6.45, 7) is 4.56. The third kappa shape index (κ3) is 3.35. The molecule has 0 aliphatic heterocycles. The van der Waals surface area contributed by atoms with E-state index in [1.807, 2.05) is 42.2 Å². The maximum Gasteiger partial charge on any atom is 0.138 e. The van der Waals surface area contributed by atoms with Gasteiger partial charge in [-0.05, 0) is 24.1 Å². The quantitative estimate of drug-likeness (QED) is 0.697. The van der Waals surface area contributed by atoms with Crippen LogP contribution in [0.5, 0.6) is 0 Å². The van der Waals surface area contributed by atoms with Crippen molar-refractivity contribution in [1.29, 1.82) is 0 Å². The zero-order valence-corrected chi connectivity index (χ0v) is 12.0. The van der Waals surface area contributed by atoms with E-state index in [4.69, 9.17) is 0 Å². The normalized spacial score (nSPS) is 10.9. The third-order valence-electron chi connectivity index (χ3n) is 3.25. The first-order chi connectivity index (χ1) is 10.3. The Morgan fingerprint density at radius 3 is 2.86 bits per heavy atom. The molecule has 0 aliphatic rings. The summed E-state index contributed by atoms with van der Waals surface area (Å²) >= 11 is 0. The van der Waals surface area contributed by atoms with E-state index in [1.54, 1.807) is 17.3 Å². The largest absolute Gasteiger partial charge is 0.311 e. The predicted octanol–water partition coefficient (Wildman–Crippen LogP) is 1.56. The van der Waals surface area contributed by atoms with Gasteiger partial charge in [0, 0.05) is 19.3 Å². The van der Waals surface area contributed by atoms with Crippen molar-refractivity contribution in [3.63, 3.8) is 0 Å². The van der Waals surface area contributed by atoms with Crippen molar-refractivity contribution in [2.24, 2.45) is 0 Å². The number of hydrogen-bond donors (Lipinski definition) is 1. The van der Waals surface area contributed by atoms with Gasteiger partial charge in [-0.25, -0.2) is 9.67 Å². The molecule has 0 saturated heterocycles. The molecule has 0 spiro atoms. The molecule has 0 radical (unpaired) electrons. The van der Waals surface area contributed by atoms with Crippen molar-refractivity contribution in [3.8, 4) is 5.69 Å². The molecule has 2 aromatic heterocycles. The summed E-state index contributed by atoms with van der Waals surface area (Å²) in [5.41, 5.74) is 3.43. The number of rotatable bonds is 6. The molecular formula is C15H18N6. The van der Waals surface area contributed by atoms with E-state index >= 15 is 0 Å². The molecule has 0 aliphatic carbocycles. The molecule has 0 fully saturated rings. The number of nitrogens with zero attached hydrogens (tertiary/aromatic N) is 5. The van der Waals surface area contributed by atoms with E-state index in [0.717, 1.165) is 25.3 Å². The topological polar surface area (TPSA) is 60.6 Å². The van der Waals surface area contributed by atoms with Crippen LogP contribution in [-0.2, 0) is 13.1 Å². The highest BCUT2D eigenvalue weighted by atomic mass is 15.3. The van der Waals surface area contributed by atoms with Crippen LogP contribution in [0.3, 0.4) is 0 Å². The molecule has 0 amide bonds. The fourth-order valence-electron chi connectivity index (χ4n) is 2.22. The number of benzene rings is 1. The zero-order valence-electron chi connectivity index (χ0n) is 12.0. The second kappa shape index (κ2) is 6.32. The van der Waals surface area contributed by atoms with Crippen LogP contribution >= 0.6 is 0 Å². The second-order valence-corrected chi connectivity index (χ2v) is 4.93. The number of aryl methyl sites for hydroxylation is 1. The Morgan fingerprint density at radius 1 is 1.19 bits per heavy atom. The molecule has 3 rings (SSSR count). The summed E-state index contributed by atoms with van der Waals surface area (Å²) in [6.07, 6.45) is 7.18. The van der Waals surface area contributed by atoms with Crippen LogP contribution in [0, 0.1) is 6.92 Å². The van der Waals surface area contributed by atoms with Gasteiger partial charge in [-0.3, -0.25) is 4.68 Å². The molecule has 6 nitrogen and oxygen atoms in total. The Morgan fingerprint density at radius 2 is 2.10 bits per heavy atom. The first-order valence-corrected chi connectivity index (χ1v) is 6.95. The molecule has 2 heterocycles. The minimum Gasteiger partial charge on any atom is -0.311 e. The third-order valence-corrected chi connectivity index (χ3v) is 3.25. The van der Waals surface area contributed by atoms with E-state index in [1.165, 1.54) is 11.1 Å². The molecule has 6 heteroatoms. The smallest absolute Gasteiger partial charge is 0.138 e. The lowest BCUT2D eigenvalue weighted by Gasteiger charge is -2.10. The van der Waals surface area contributed by atoms with Crippen LogP contribution in [0.2, 0.25) is 0 Å². The number of aromatic nitrogens is 5. The van der Waals surface area contributed by atoms with Crippen molar-refractivity contribution >= 4 is 0 Å². The fraction of sp³-hybridized carbons (Fsp3) is 0.267. The van der Waals surface area contributed by atoms with E-state index in [0.29, 0.717) is 0 Å². The standard InChI is InChI=1S/C15H18N6/c1-13-8-18-20(10-13)7-6-16-9-14-4-2-3-5-15(14)21-12-17-11-19-21/h2-5,8,10-12,16H,6-7,9H2,1H3. The van der Waals surface area contributed by atoms with Gasteiger partial charge in [0.15, 0.2) is 0 Å². The van der Waals surface area contributed by atoms with E-state index in [-0.39, 0.29) is 0 Å². The molecule has 0 bridgehead atoms. The highest BCUT2D eigenvalue weighted by Gasteiger charge is 2.04. The summed E-state index contributed by atoms with van der Waals surface area (Å²) in [6, 6.07) is 8.19. The van der Waals surface area contributed by atoms with Gasteiger partial charge >= 0.3 is 0 Å². The van der Waals surface area contributed by atoms with Gasteiger partial charge in [-0.15, -0.1) is 0 Å². The highest BCUT2D eigenvalue weighted by Crippen LogP contribution is 2.12. The van der Waals surface area contributed by atoms with Crippen LogP contribution in [0.1, 0.15) is 11.1 Å². The minimum absolute atomic E-state index is 0.788. The average molecular weight is 282 g/mol. The van der Waals surface area contributed by atoms with Gasteiger partial charge in [0.2, 0.25) is 0 Å². The van der Waals surface area contributed by atoms with E-state index in [2.05, 4.69) is 26.6 Å². The van der Waals surface area contributed by atoms with Gasteiger partial charge in [0.25, 0.3) is 0 Å². The van der Waals surface area contributed by atoms with Crippen LogP contribution in [0.15, 0.2) is 49.3 Å². The van der Waals surface area contributed by atoms with Crippen LogP contribution < -0.4 is 5.32 Å². The Bertz CT molecular complexity index is 686. The van der Waals surface area contributed by atoms with Crippen molar-refractivity contribution in [1.82, 2.24) is 29.9 Å². The lowest BCUT2D eigenvalue weighted by Crippen LogP contribution is -2.20. The highest BCUT2D eigenvalue weighted by molar-refractivity contribution is 5.39. The molecule has 1 N–H and O–H groups in total. The monoisotopic (exact) mass is 282 g/mol. The van der Waals surface area contributed by atoms with Crippen LogP contribution in [0.4, 0.5) is 0 Å². The number of nitrogens with one attached hydrogen (secondary N) is 1. The molecule has 3 aromatic rings. The van der Waals surface area contributed by atoms with Crippen molar-refractivity contribution in [2.45, 2.75) is 20.0 Å². The van der Waals surface area contributed by atoms with Crippen molar-refractivity contribution < 1.29 is 0 Å². The predicted molar refractivity (Wildman–Crippen MR) is 80.0 cm³/mol. The molecule has 0 saturated carbocycles. The van der Waals surface area contributed by atoms with Crippen LogP contribution in [0.25, 0.3) is 5.69 Å². The summed E-state index contributed by atoms with van der Waals surface area (Å²) < 4.78 is 3.74. The number of hydrogen-bond acceptors (Lipinski definition) is 4. The van der Waals surface area contributed by atoms with Gasteiger partial charge < -0.3 is 5.32 Å². The Kier molecular flexibility index (Phi) is 4.07. The maximum atomic E-state index is 4.27. The SMILES string of the molecule is Cc1cnn(CCNCc2ccccc2-n2cncn2)c1. The summed E-state index contributed by atoms with van der Waals surface area (Å²) in [7, 11) is 0. The zero-order chi connectivity index (χ0) is 14.5. The van der Waals surface area contributed by atoms with E-state index < -0.39 is 0 Å². The minimum atomic E-state index is 0.788. The maximum absolute atomic E-state index is 4.27. The lowest BCUT2D eigenvalue weighted by molar-refractivity contribution is 0.554. The molecule has 21 heavy (non-hydrogen) atoms. The molecular weight excluding hydrogens is 264 g/mol. The Hall–Kier alpha value is -2.47. The van der Waals surface area contributed by atoms with E-state index in [9.17, 15) is 0 Å². The van der Waals surface area contributed by atoms with Crippen molar-refractivity contribution in [3.05, 3.63) is 60.4 Å². The first kappa shape index (κ1) is 13.5. The fourth-order valence-corrected chi connectivity index (χ4v) is 2.22. The van der Waals surface area contributed by atoms with Crippen molar-refractivity contribution in [2.75, 3.05) is 6.54 Å². The molecule has 0 atom stereocenters. The Balaban J connectivity index is 1.58. The Labute approximate surface area is 123 Å². The van der Waals surface area contributed by atoms with Gasteiger partial charge in [0.1, 0.15) is 12.7 Å². The van der Waals surface area contributed by atoms with Gasteiger partial charge in [-0.1, -0.05) is 18.2 Å². The second-order valence-electron chi connectivity index (χ2n) is 4.93. The lowest BCUT2D eigenvalue weighted by atomic mass is 10.2. The summed E-state index contributed by atoms with van der Waals surface area (Å²) in [5.74, 6) is 0. The molecule has 0 unspecified atom stereocenters. The number of para-hydroxylation sites is 1. The van der Waals surface area contributed by atoms with Crippen LogP contribution in [-0.4, -0.2) is 31.1 Å². The molecule has 108 valence electrons. The summed E-state index contributed by atoms with van der Waals surface area (Å²) in [5, 5.41) is 11.9. The van der Waals surface area contributed by atoms with Gasteiger partial charge in [0.05, 0.1) is 18.4 Å². The average Bonchev–Trinajstić information content (AvgIpc) is 3.16. The first-order valence-electron chi connectivity index (χ1n) is 6.95. The molecule has 1 aromatic carbocycles. The summed E-state index contributed by atoms with van der Waals surface area (Å²) in [4.78, 5) is 4.00.